The second-order valence-corrected chi connectivity index (χ2v) is 6.37. The molecule has 1 heteroatoms. The largest absolute Gasteiger partial charge is 0.405 e. The summed E-state index contributed by atoms with van der Waals surface area (Å²) in [6.07, 6.45) is 11.6. The Morgan fingerprint density at radius 2 is 1.82 bits per heavy atom. The van der Waals surface area contributed by atoms with Crippen molar-refractivity contribution in [3.05, 3.63) is 88.1 Å². The average Bonchev–Trinajstić information content (AvgIpc) is 3.17. The molecule has 0 saturated carbocycles. The molecule has 2 aromatic carbocycles. The fourth-order valence-corrected chi connectivity index (χ4v) is 3.48. The summed E-state index contributed by atoms with van der Waals surface area (Å²) in [6.45, 7) is 0. The van der Waals surface area contributed by atoms with Crippen molar-refractivity contribution in [3.8, 4) is 0 Å². The Bertz CT molecular complexity index is 780. The highest BCUT2D eigenvalue weighted by molar-refractivity contribution is 5.71. The highest BCUT2D eigenvalue weighted by atomic mass is 14.5. The van der Waals surface area contributed by atoms with Crippen LogP contribution in [0.2, 0.25) is 0 Å². The Hall–Kier alpha value is -2.28. The summed E-state index contributed by atoms with van der Waals surface area (Å²) in [6, 6.07) is 13.8. The van der Waals surface area contributed by atoms with E-state index in [1.165, 1.54) is 53.5 Å². The van der Waals surface area contributed by atoms with E-state index in [-0.39, 0.29) is 0 Å². The van der Waals surface area contributed by atoms with Crippen molar-refractivity contribution in [1.29, 1.82) is 0 Å². The third-order valence-corrected chi connectivity index (χ3v) is 4.80. The van der Waals surface area contributed by atoms with Crippen LogP contribution in [0.5, 0.6) is 0 Å². The van der Waals surface area contributed by atoms with Crippen LogP contribution >= 0.6 is 0 Å². The van der Waals surface area contributed by atoms with Crippen molar-refractivity contribution >= 4 is 5.57 Å². The molecule has 0 heterocycles. The fraction of sp³-hybridized carbons (Fsp3) is 0.238. The van der Waals surface area contributed by atoms with Crippen molar-refractivity contribution < 1.29 is 0 Å². The lowest BCUT2D eigenvalue weighted by Crippen LogP contribution is -1.93. The average molecular weight is 287 g/mol. The van der Waals surface area contributed by atoms with Gasteiger partial charge in [0.25, 0.3) is 0 Å². The molecule has 0 fully saturated rings. The number of aryl methyl sites for hydroxylation is 2. The monoisotopic (exact) mass is 287 g/mol. The number of allylic oxidation sites excluding steroid dienone is 3. The van der Waals surface area contributed by atoms with Crippen molar-refractivity contribution in [3.63, 3.8) is 0 Å². The van der Waals surface area contributed by atoms with Gasteiger partial charge < -0.3 is 5.73 Å². The van der Waals surface area contributed by atoms with Gasteiger partial charge in [0, 0.05) is 0 Å². The van der Waals surface area contributed by atoms with E-state index >= 15 is 0 Å². The number of hydrogen-bond acceptors (Lipinski definition) is 1. The summed E-state index contributed by atoms with van der Waals surface area (Å²) in [5, 5.41) is 0. The summed E-state index contributed by atoms with van der Waals surface area (Å²) in [5.74, 6) is 0. The van der Waals surface area contributed by atoms with Gasteiger partial charge in [-0.1, -0.05) is 42.5 Å². The van der Waals surface area contributed by atoms with E-state index in [0.717, 1.165) is 6.42 Å². The van der Waals surface area contributed by atoms with Gasteiger partial charge in [0.05, 0.1) is 0 Å². The maximum atomic E-state index is 5.54. The van der Waals surface area contributed by atoms with Gasteiger partial charge in [-0.15, -0.1) is 0 Å². The lowest BCUT2D eigenvalue weighted by molar-refractivity contribution is 0.911. The second kappa shape index (κ2) is 5.49. The van der Waals surface area contributed by atoms with E-state index in [9.17, 15) is 0 Å². The molecule has 0 saturated heterocycles. The summed E-state index contributed by atoms with van der Waals surface area (Å²) in [7, 11) is 0. The number of benzene rings is 2. The lowest BCUT2D eigenvalue weighted by Gasteiger charge is -2.09. The zero-order chi connectivity index (χ0) is 14.9. The zero-order valence-corrected chi connectivity index (χ0v) is 12.8. The molecule has 0 unspecified atom stereocenters. The quantitative estimate of drug-likeness (QED) is 0.716. The minimum absolute atomic E-state index is 0.969. The summed E-state index contributed by atoms with van der Waals surface area (Å²) >= 11 is 0. The molecule has 2 N–H and O–H groups in total. The molecule has 2 aliphatic carbocycles. The Balaban J connectivity index is 1.64. The molecule has 110 valence electrons. The predicted molar refractivity (Wildman–Crippen MR) is 92.7 cm³/mol. The van der Waals surface area contributed by atoms with E-state index in [2.05, 4.69) is 42.5 Å². The summed E-state index contributed by atoms with van der Waals surface area (Å²) in [5.41, 5.74) is 15.7. The smallest absolute Gasteiger partial charge is 0.00197 e. The first-order valence-corrected chi connectivity index (χ1v) is 8.14. The number of hydrogen-bond donors (Lipinski definition) is 1. The molecule has 2 aliphatic rings. The number of fused-ring (bicyclic) bond motifs is 2. The van der Waals surface area contributed by atoms with Gasteiger partial charge in [0.1, 0.15) is 0 Å². The molecule has 0 radical (unpaired) electrons. The predicted octanol–water partition coefficient (Wildman–Crippen LogP) is 4.18. The fourth-order valence-electron chi connectivity index (χ4n) is 3.48. The van der Waals surface area contributed by atoms with Gasteiger partial charge in [0.15, 0.2) is 0 Å². The van der Waals surface area contributed by atoms with Gasteiger partial charge in [-0.25, -0.2) is 0 Å². The summed E-state index contributed by atoms with van der Waals surface area (Å²) in [4.78, 5) is 0. The van der Waals surface area contributed by atoms with Crippen molar-refractivity contribution in [2.45, 2.75) is 32.1 Å². The van der Waals surface area contributed by atoms with Gasteiger partial charge in [-0.3, -0.25) is 0 Å². The van der Waals surface area contributed by atoms with Crippen molar-refractivity contribution in [2.24, 2.45) is 5.73 Å². The summed E-state index contributed by atoms with van der Waals surface area (Å²) < 4.78 is 0. The second-order valence-electron chi connectivity index (χ2n) is 6.37. The van der Waals surface area contributed by atoms with E-state index in [1.54, 1.807) is 17.3 Å². The minimum atomic E-state index is 0.969. The van der Waals surface area contributed by atoms with Crippen molar-refractivity contribution in [2.75, 3.05) is 0 Å². The van der Waals surface area contributed by atoms with Crippen LogP contribution in [0.25, 0.3) is 5.57 Å². The first-order chi connectivity index (χ1) is 10.8. The van der Waals surface area contributed by atoms with Crippen LogP contribution in [0.15, 0.2) is 54.8 Å². The molecule has 22 heavy (non-hydrogen) atoms. The third kappa shape index (κ3) is 2.59. The van der Waals surface area contributed by atoms with Gasteiger partial charge in [-0.2, -0.15) is 0 Å². The molecule has 1 nitrogen and oxygen atoms in total. The Labute approximate surface area is 132 Å². The highest BCUT2D eigenvalue weighted by Crippen LogP contribution is 2.32. The Kier molecular flexibility index (Phi) is 3.34. The van der Waals surface area contributed by atoms with Crippen LogP contribution in [0.1, 0.15) is 39.8 Å². The molecule has 0 atom stereocenters. The Morgan fingerprint density at radius 3 is 2.68 bits per heavy atom. The van der Waals surface area contributed by atoms with E-state index < -0.39 is 0 Å². The standard InChI is InChI=1S/C21H21N/c22-10-2-5-18(19-8-9-20-14-21(20)13-19)12-15-6-7-16-3-1-4-17(16)11-15/h2,5-11,13H,1,3-4,12,14,22H2/b10-2-,18-5+. The maximum Gasteiger partial charge on any atom is -0.00197 e. The number of rotatable bonds is 4. The van der Waals surface area contributed by atoms with Gasteiger partial charge in [0.2, 0.25) is 0 Å². The highest BCUT2D eigenvalue weighted by Gasteiger charge is 2.17. The van der Waals surface area contributed by atoms with Crippen LogP contribution in [0, 0.1) is 0 Å². The maximum absolute atomic E-state index is 5.54. The van der Waals surface area contributed by atoms with Gasteiger partial charge in [-0.05, 0) is 83.3 Å². The van der Waals surface area contributed by atoms with E-state index in [0.29, 0.717) is 0 Å². The minimum Gasteiger partial charge on any atom is -0.405 e. The number of nitrogens with two attached hydrogens (primary N) is 1. The van der Waals surface area contributed by atoms with E-state index in [4.69, 9.17) is 5.73 Å². The van der Waals surface area contributed by atoms with Crippen LogP contribution < -0.4 is 5.73 Å². The first kappa shape index (κ1) is 13.4. The third-order valence-electron chi connectivity index (χ3n) is 4.80. The lowest BCUT2D eigenvalue weighted by atomic mass is 9.96. The van der Waals surface area contributed by atoms with Gasteiger partial charge >= 0.3 is 0 Å². The molecule has 0 aromatic heterocycles. The normalized spacial score (nSPS) is 15.9. The van der Waals surface area contributed by atoms with Crippen LogP contribution in [0.3, 0.4) is 0 Å². The molecule has 0 amide bonds. The zero-order valence-electron chi connectivity index (χ0n) is 12.8. The molecule has 4 rings (SSSR count). The molecular weight excluding hydrogens is 266 g/mol. The van der Waals surface area contributed by atoms with E-state index in [1.807, 2.05) is 6.08 Å². The van der Waals surface area contributed by atoms with Crippen LogP contribution in [-0.4, -0.2) is 0 Å². The molecule has 0 bridgehead atoms. The molecular formula is C21H21N. The Morgan fingerprint density at radius 1 is 0.955 bits per heavy atom. The van der Waals surface area contributed by atoms with Crippen molar-refractivity contribution in [1.82, 2.24) is 0 Å². The van der Waals surface area contributed by atoms with Crippen LogP contribution in [-0.2, 0) is 25.7 Å². The molecule has 0 aliphatic heterocycles. The SMILES string of the molecule is N/C=C\C=C(/Cc1ccc2c(c1)CCC2)c1ccc2c(c1)C2. The molecule has 2 aromatic rings. The van der Waals surface area contributed by atoms with Crippen LogP contribution in [0.4, 0.5) is 0 Å². The first-order valence-electron chi connectivity index (χ1n) is 8.14. The topological polar surface area (TPSA) is 26.0 Å². The molecule has 0 spiro atoms.